The molecule has 0 aliphatic carbocycles. The predicted molar refractivity (Wildman–Crippen MR) is 107 cm³/mol. The van der Waals surface area contributed by atoms with Gasteiger partial charge in [-0.05, 0) is 55.7 Å². The zero-order valence-corrected chi connectivity index (χ0v) is 16.2. The molecule has 0 bridgehead atoms. The quantitative estimate of drug-likeness (QED) is 0.623. The molecule has 0 atom stereocenters. The summed E-state index contributed by atoms with van der Waals surface area (Å²) in [6, 6.07) is 8.04. The Labute approximate surface area is 154 Å². The van der Waals surface area contributed by atoms with Crippen molar-refractivity contribution in [2.75, 3.05) is 10.6 Å². The zero-order chi connectivity index (χ0) is 18.9. The molecule has 0 saturated carbocycles. The maximum atomic E-state index is 4.53. The molecule has 6 heteroatoms. The molecule has 0 saturated heterocycles. The molecule has 0 spiro atoms. The first-order chi connectivity index (χ1) is 12.2. The summed E-state index contributed by atoms with van der Waals surface area (Å²) in [5, 5.41) is 13.9. The third-order valence-electron chi connectivity index (χ3n) is 4.48. The number of hydrogen-bond acceptors (Lipinski definition) is 5. The number of aryl methyl sites for hydroxylation is 2. The van der Waals surface area contributed by atoms with Crippen molar-refractivity contribution in [3.05, 3.63) is 52.8 Å². The molecule has 3 aromatic rings. The fourth-order valence-electron chi connectivity index (χ4n) is 2.63. The number of rotatable bonds is 4. The molecular weight excluding hydrogens is 324 g/mol. The molecule has 0 unspecified atom stereocenters. The molecule has 1 aromatic carbocycles. The number of nitrogens with zero attached hydrogens (tertiary/aromatic N) is 3. The lowest BCUT2D eigenvalue weighted by Crippen LogP contribution is -2.11. The van der Waals surface area contributed by atoms with Crippen LogP contribution in [0.25, 0.3) is 0 Å². The average molecular weight is 350 g/mol. The summed E-state index contributed by atoms with van der Waals surface area (Å²) in [6.07, 6.45) is 1.73. The summed E-state index contributed by atoms with van der Waals surface area (Å²) in [6.45, 7) is 12.8. The van der Waals surface area contributed by atoms with Gasteiger partial charge >= 0.3 is 0 Å². The van der Waals surface area contributed by atoms with E-state index in [-0.39, 0.29) is 5.41 Å². The minimum absolute atomic E-state index is 0.0203. The molecule has 2 aromatic heterocycles. The first kappa shape index (κ1) is 17.9. The van der Waals surface area contributed by atoms with E-state index in [4.69, 9.17) is 0 Å². The van der Waals surface area contributed by atoms with Crippen molar-refractivity contribution >= 4 is 23.3 Å². The number of aromatic amines is 1. The summed E-state index contributed by atoms with van der Waals surface area (Å²) >= 11 is 0. The highest BCUT2D eigenvalue weighted by Crippen LogP contribution is 2.24. The fourth-order valence-corrected chi connectivity index (χ4v) is 2.63. The maximum absolute atomic E-state index is 4.53. The Balaban J connectivity index is 1.77. The summed E-state index contributed by atoms with van der Waals surface area (Å²) in [5.41, 5.74) is 5.86. The van der Waals surface area contributed by atoms with Crippen molar-refractivity contribution < 1.29 is 0 Å². The largest absolute Gasteiger partial charge is 0.324 e. The third-order valence-corrected chi connectivity index (χ3v) is 4.48. The number of benzene rings is 1. The highest BCUT2D eigenvalue weighted by molar-refractivity contribution is 5.60. The summed E-state index contributed by atoms with van der Waals surface area (Å²) < 4.78 is 0. The second-order valence-corrected chi connectivity index (χ2v) is 7.67. The van der Waals surface area contributed by atoms with Crippen LogP contribution in [0.4, 0.5) is 23.3 Å². The first-order valence-electron chi connectivity index (χ1n) is 8.73. The van der Waals surface area contributed by atoms with E-state index < -0.39 is 0 Å². The number of hydrogen-bond donors (Lipinski definition) is 3. The van der Waals surface area contributed by atoms with Crippen LogP contribution >= 0.6 is 0 Å². The van der Waals surface area contributed by atoms with Crippen LogP contribution in [0, 0.1) is 20.8 Å². The van der Waals surface area contributed by atoms with E-state index in [9.17, 15) is 0 Å². The van der Waals surface area contributed by atoms with Gasteiger partial charge in [-0.15, -0.1) is 0 Å². The van der Waals surface area contributed by atoms with Crippen LogP contribution in [-0.4, -0.2) is 20.2 Å². The van der Waals surface area contributed by atoms with Crippen LogP contribution in [0.2, 0.25) is 0 Å². The van der Waals surface area contributed by atoms with Crippen LogP contribution in [0.5, 0.6) is 0 Å². The van der Waals surface area contributed by atoms with E-state index in [2.05, 4.69) is 84.5 Å². The van der Waals surface area contributed by atoms with Gasteiger partial charge in [0.2, 0.25) is 5.95 Å². The maximum Gasteiger partial charge on any atom is 0.229 e. The molecule has 0 aliphatic heterocycles. The summed E-state index contributed by atoms with van der Waals surface area (Å²) in [7, 11) is 0. The van der Waals surface area contributed by atoms with Gasteiger partial charge < -0.3 is 10.6 Å². The van der Waals surface area contributed by atoms with E-state index in [0.29, 0.717) is 11.8 Å². The van der Waals surface area contributed by atoms with Crippen LogP contribution in [0.1, 0.15) is 43.2 Å². The van der Waals surface area contributed by atoms with Crippen molar-refractivity contribution in [3.8, 4) is 0 Å². The smallest absolute Gasteiger partial charge is 0.229 e. The summed E-state index contributed by atoms with van der Waals surface area (Å²) in [4.78, 5) is 8.84. The minimum atomic E-state index is 0.0203. The third kappa shape index (κ3) is 4.02. The fraction of sp³-hybridized carbons (Fsp3) is 0.350. The zero-order valence-electron chi connectivity index (χ0n) is 16.2. The Hall–Kier alpha value is -2.89. The Kier molecular flexibility index (Phi) is 4.68. The lowest BCUT2D eigenvalue weighted by atomic mass is 9.92. The van der Waals surface area contributed by atoms with Crippen molar-refractivity contribution in [3.63, 3.8) is 0 Å². The second-order valence-electron chi connectivity index (χ2n) is 7.67. The molecular formula is C20H26N6. The Bertz CT molecular complexity index is 897. The average Bonchev–Trinajstić information content (AvgIpc) is 3.01. The highest BCUT2D eigenvalue weighted by atomic mass is 15.2. The Morgan fingerprint density at radius 3 is 2.23 bits per heavy atom. The van der Waals surface area contributed by atoms with Crippen molar-refractivity contribution in [1.82, 2.24) is 20.2 Å². The number of H-pyrrole nitrogens is 1. The topological polar surface area (TPSA) is 78.5 Å². The normalized spacial score (nSPS) is 11.5. The molecule has 3 N–H and O–H groups in total. The molecule has 0 fully saturated rings. The van der Waals surface area contributed by atoms with Gasteiger partial charge in [-0.1, -0.05) is 20.8 Å². The lowest BCUT2D eigenvalue weighted by molar-refractivity contribution is 0.567. The predicted octanol–water partition coefficient (Wildman–Crippen LogP) is 4.91. The van der Waals surface area contributed by atoms with E-state index in [1.807, 2.05) is 12.1 Å². The van der Waals surface area contributed by atoms with E-state index in [1.54, 1.807) is 6.20 Å². The van der Waals surface area contributed by atoms with Gasteiger partial charge in [0, 0.05) is 29.1 Å². The SMILES string of the molecule is Cc1cc(Nc2nccc(Nc3cc(C(C)(C)C)[nH]n3)n2)cc(C)c1C. The highest BCUT2D eigenvalue weighted by Gasteiger charge is 2.16. The van der Waals surface area contributed by atoms with Crippen LogP contribution in [0.3, 0.4) is 0 Å². The molecule has 0 radical (unpaired) electrons. The van der Waals surface area contributed by atoms with Crippen LogP contribution in [-0.2, 0) is 5.41 Å². The monoisotopic (exact) mass is 350 g/mol. The summed E-state index contributed by atoms with van der Waals surface area (Å²) in [5.74, 6) is 1.97. The van der Waals surface area contributed by atoms with Gasteiger partial charge in [0.05, 0.1) is 0 Å². The van der Waals surface area contributed by atoms with Gasteiger partial charge in [-0.3, -0.25) is 5.10 Å². The van der Waals surface area contributed by atoms with Crippen molar-refractivity contribution in [2.45, 2.75) is 47.0 Å². The van der Waals surface area contributed by atoms with Gasteiger partial charge in [0.25, 0.3) is 0 Å². The van der Waals surface area contributed by atoms with E-state index in [0.717, 1.165) is 17.2 Å². The van der Waals surface area contributed by atoms with Crippen molar-refractivity contribution in [1.29, 1.82) is 0 Å². The van der Waals surface area contributed by atoms with Gasteiger partial charge in [-0.2, -0.15) is 10.1 Å². The molecule has 26 heavy (non-hydrogen) atoms. The minimum Gasteiger partial charge on any atom is -0.324 e. The number of nitrogens with one attached hydrogen (secondary N) is 3. The van der Waals surface area contributed by atoms with Crippen molar-refractivity contribution in [2.24, 2.45) is 0 Å². The van der Waals surface area contributed by atoms with E-state index in [1.165, 1.54) is 16.7 Å². The molecule has 0 aliphatic rings. The molecule has 3 rings (SSSR count). The molecule has 6 nitrogen and oxygen atoms in total. The second kappa shape index (κ2) is 6.78. The number of aromatic nitrogens is 4. The van der Waals surface area contributed by atoms with Gasteiger partial charge in [0.15, 0.2) is 5.82 Å². The van der Waals surface area contributed by atoms with E-state index >= 15 is 0 Å². The first-order valence-corrected chi connectivity index (χ1v) is 8.73. The lowest BCUT2D eigenvalue weighted by Gasteiger charge is -2.14. The van der Waals surface area contributed by atoms with Gasteiger partial charge in [-0.25, -0.2) is 4.98 Å². The molecule has 136 valence electrons. The molecule has 2 heterocycles. The standard InChI is InChI=1S/C20H26N6/c1-12-9-15(10-13(2)14(12)3)22-19-21-8-7-17(24-19)23-18-11-16(25-26-18)20(4,5)6/h7-11H,1-6H3,(H3,21,22,23,24,25,26). The number of anilines is 4. The Morgan fingerprint density at radius 1 is 0.923 bits per heavy atom. The van der Waals surface area contributed by atoms with Crippen LogP contribution in [0.15, 0.2) is 30.5 Å². The van der Waals surface area contributed by atoms with Crippen LogP contribution < -0.4 is 10.6 Å². The molecule has 0 amide bonds. The Morgan fingerprint density at radius 2 is 1.62 bits per heavy atom. The van der Waals surface area contributed by atoms with Gasteiger partial charge in [0.1, 0.15) is 5.82 Å².